The first kappa shape index (κ1) is 16.0. The van der Waals surface area contributed by atoms with Gasteiger partial charge in [0.1, 0.15) is 11.8 Å². The smallest absolute Gasteiger partial charge is 0.407 e. The third-order valence-corrected chi connectivity index (χ3v) is 3.06. The number of nitrogens with zero attached hydrogens (tertiary/aromatic N) is 1. The molecule has 1 N–H and O–H groups in total. The van der Waals surface area contributed by atoms with Crippen molar-refractivity contribution < 1.29 is 9.53 Å². The number of carbonyl (C=O) groups excluding carboxylic acids is 1. The Bertz CT molecular complexity index is 630. The first-order chi connectivity index (χ1) is 10.7. The monoisotopic (exact) mass is 316 g/mol. The lowest BCUT2D eigenvalue weighted by molar-refractivity contribution is 0.140. The predicted molar refractivity (Wildman–Crippen MR) is 87.5 cm³/mol. The van der Waals surface area contributed by atoms with Crippen molar-refractivity contribution in [2.45, 2.75) is 13.0 Å². The van der Waals surface area contributed by atoms with Gasteiger partial charge in [-0.3, -0.25) is 0 Å². The van der Waals surface area contributed by atoms with Crippen LogP contribution in [0.3, 0.4) is 0 Å². The molecule has 0 saturated carbocycles. The highest BCUT2D eigenvalue weighted by molar-refractivity contribution is 6.29. The second kappa shape index (κ2) is 8.85. The minimum Gasteiger partial charge on any atom is -0.445 e. The van der Waals surface area contributed by atoms with Gasteiger partial charge in [-0.15, -0.1) is 0 Å². The molecule has 0 aliphatic rings. The van der Waals surface area contributed by atoms with Crippen LogP contribution in [0.25, 0.3) is 6.08 Å². The van der Waals surface area contributed by atoms with Crippen LogP contribution in [0.4, 0.5) is 4.79 Å². The molecule has 2 aromatic rings. The van der Waals surface area contributed by atoms with Crippen LogP contribution < -0.4 is 5.32 Å². The molecule has 5 heteroatoms. The Hall–Kier alpha value is -2.33. The highest BCUT2D eigenvalue weighted by Crippen LogP contribution is 2.08. The van der Waals surface area contributed by atoms with Crippen LogP contribution in [0, 0.1) is 0 Å². The van der Waals surface area contributed by atoms with Crippen LogP contribution in [0.15, 0.2) is 54.7 Å². The average molecular weight is 317 g/mol. The standard InChI is InChI=1S/C17H17ClN2O2/c18-16-12-14(9-11-19-16)6-4-5-10-20-17(21)22-13-15-7-2-1-3-8-15/h1-4,6-9,11-12H,5,10,13H2,(H,20,21). The van der Waals surface area contributed by atoms with Crippen LogP contribution in [0.1, 0.15) is 17.5 Å². The Balaban J connectivity index is 1.63. The quantitative estimate of drug-likeness (QED) is 0.645. The van der Waals surface area contributed by atoms with E-state index < -0.39 is 6.09 Å². The van der Waals surface area contributed by atoms with Crippen molar-refractivity contribution in [3.8, 4) is 0 Å². The molecule has 0 saturated heterocycles. The van der Waals surface area contributed by atoms with Crippen molar-refractivity contribution in [2.24, 2.45) is 0 Å². The lowest BCUT2D eigenvalue weighted by Gasteiger charge is -2.05. The number of aromatic nitrogens is 1. The zero-order chi connectivity index (χ0) is 15.6. The van der Waals surface area contributed by atoms with E-state index in [4.69, 9.17) is 16.3 Å². The molecule has 0 atom stereocenters. The van der Waals surface area contributed by atoms with E-state index >= 15 is 0 Å². The molecule has 1 aromatic heterocycles. The van der Waals surface area contributed by atoms with Gasteiger partial charge in [0.15, 0.2) is 0 Å². The van der Waals surface area contributed by atoms with Gasteiger partial charge in [0.2, 0.25) is 0 Å². The number of halogens is 1. The molecule has 4 nitrogen and oxygen atoms in total. The van der Waals surface area contributed by atoms with Crippen molar-refractivity contribution >= 4 is 23.8 Å². The maximum absolute atomic E-state index is 11.5. The lowest BCUT2D eigenvalue weighted by atomic mass is 10.2. The Morgan fingerprint density at radius 2 is 2.09 bits per heavy atom. The summed E-state index contributed by atoms with van der Waals surface area (Å²) in [6.45, 7) is 0.793. The van der Waals surface area contributed by atoms with E-state index in [9.17, 15) is 4.79 Å². The molecular formula is C17H17ClN2O2. The third kappa shape index (κ3) is 5.97. The summed E-state index contributed by atoms with van der Waals surface area (Å²) in [6, 6.07) is 13.2. The van der Waals surface area contributed by atoms with E-state index in [1.54, 1.807) is 12.3 Å². The number of rotatable bonds is 6. The largest absolute Gasteiger partial charge is 0.445 e. The van der Waals surface area contributed by atoms with E-state index in [1.165, 1.54) is 0 Å². The number of hydrogen-bond donors (Lipinski definition) is 1. The lowest BCUT2D eigenvalue weighted by Crippen LogP contribution is -2.24. The molecule has 0 aliphatic carbocycles. The average Bonchev–Trinajstić information content (AvgIpc) is 2.54. The molecule has 0 radical (unpaired) electrons. The van der Waals surface area contributed by atoms with E-state index in [0.717, 1.165) is 11.1 Å². The number of hydrogen-bond acceptors (Lipinski definition) is 3. The first-order valence-electron chi connectivity index (χ1n) is 6.97. The molecule has 0 unspecified atom stereocenters. The highest BCUT2D eigenvalue weighted by atomic mass is 35.5. The van der Waals surface area contributed by atoms with Crippen LogP contribution >= 0.6 is 11.6 Å². The van der Waals surface area contributed by atoms with Gasteiger partial charge in [0, 0.05) is 12.7 Å². The van der Waals surface area contributed by atoms with Gasteiger partial charge in [-0.25, -0.2) is 9.78 Å². The number of alkyl carbamates (subject to hydrolysis) is 1. The van der Waals surface area contributed by atoms with Gasteiger partial charge < -0.3 is 10.1 Å². The fourth-order valence-electron chi connectivity index (χ4n) is 1.77. The number of pyridine rings is 1. The number of benzene rings is 1. The van der Waals surface area contributed by atoms with Crippen LogP contribution in [-0.2, 0) is 11.3 Å². The minimum absolute atomic E-state index is 0.276. The maximum atomic E-state index is 11.5. The van der Waals surface area contributed by atoms with E-state index in [1.807, 2.05) is 48.6 Å². The SMILES string of the molecule is O=C(NCCC=Cc1ccnc(Cl)c1)OCc1ccccc1. The van der Waals surface area contributed by atoms with Gasteiger partial charge in [-0.2, -0.15) is 0 Å². The summed E-state index contributed by atoms with van der Waals surface area (Å²) in [5.41, 5.74) is 1.94. The zero-order valence-corrected chi connectivity index (χ0v) is 12.8. The number of carbonyl (C=O) groups is 1. The van der Waals surface area contributed by atoms with Crippen LogP contribution in [-0.4, -0.2) is 17.6 Å². The summed E-state index contributed by atoms with van der Waals surface area (Å²) in [4.78, 5) is 15.4. The summed E-state index contributed by atoms with van der Waals surface area (Å²) >= 11 is 5.79. The molecule has 2 rings (SSSR count). The van der Waals surface area contributed by atoms with Crippen molar-refractivity contribution in [2.75, 3.05) is 6.54 Å². The maximum Gasteiger partial charge on any atom is 0.407 e. The molecule has 22 heavy (non-hydrogen) atoms. The molecule has 114 valence electrons. The topological polar surface area (TPSA) is 51.2 Å². The summed E-state index contributed by atoms with van der Waals surface area (Å²) < 4.78 is 5.11. The Morgan fingerprint density at radius 3 is 2.86 bits per heavy atom. The fourth-order valence-corrected chi connectivity index (χ4v) is 1.95. The first-order valence-corrected chi connectivity index (χ1v) is 7.34. The van der Waals surface area contributed by atoms with Gasteiger partial charge in [0.25, 0.3) is 0 Å². The zero-order valence-electron chi connectivity index (χ0n) is 12.0. The van der Waals surface area contributed by atoms with Crippen LogP contribution in [0.2, 0.25) is 5.15 Å². The number of ether oxygens (including phenoxy) is 1. The molecular weight excluding hydrogens is 300 g/mol. The summed E-state index contributed by atoms with van der Waals surface area (Å²) in [7, 11) is 0. The normalized spacial score (nSPS) is 10.6. The second-order valence-corrected chi connectivity index (χ2v) is 4.98. The van der Waals surface area contributed by atoms with Gasteiger partial charge in [-0.05, 0) is 29.7 Å². The summed E-state index contributed by atoms with van der Waals surface area (Å²) in [5, 5.41) is 3.16. The molecule has 0 fully saturated rings. The van der Waals surface area contributed by atoms with E-state index in [-0.39, 0.29) is 6.61 Å². The molecule has 0 bridgehead atoms. The third-order valence-electron chi connectivity index (χ3n) is 2.85. The molecule has 1 aromatic carbocycles. The fraction of sp³-hybridized carbons (Fsp3) is 0.176. The molecule has 0 spiro atoms. The second-order valence-electron chi connectivity index (χ2n) is 4.59. The predicted octanol–water partition coefficient (Wildman–Crippen LogP) is 4.06. The Kier molecular flexibility index (Phi) is 6.45. The minimum atomic E-state index is -0.413. The molecule has 0 aliphatic heterocycles. The molecule has 1 amide bonds. The van der Waals surface area contributed by atoms with Crippen molar-refractivity contribution in [1.29, 1.82) is 0 Å². The Morgan fingerprint density at radius 1 is 1.27 bits per heavy atom. The highest BCUT2D eigenvalue weighted by Gasteiger charge is 2.00. The summed E-state index contributed by atoms with van der Waals surface area (Å²) in [6.07, 6.45) is 5.85. The van der Waals surface area contributed by atoms with Crippen molar-refractivity contribution in [1.82, 2.24) is 10.3 Å². The van der Waals surface area contributed by atoms with E-state index in [2.05, 4.69) is 10.3 Å². The van der Waals surface area contributed by atoms with Crippen LogP contribution in [0.5, 0.6) is 0 Å². The number of nitrogens with one attached hydrogen (secondary N) is 1. The van der Waals surface area contributed by atoms with Gasteiger partial charge in [-0.1, -0.05) is 54.1 Å². The van der Waals surface area contributed by atoms with E-state index in [0.29, 0.717) is 18.1 Å². The van der Waals surface area contributed by atoms with Gasteiger partial charge >= 0.3 is 6.09 Å². The van der Waals surface area contributed by atoms with Crippen molar-refractivity contribution in [3.63, 3.8) is 0 Å². The van der Waals surface area contributed by atoms with Gasteiger partial charge in [0.05, 0.1) is 0 Å². The summed E-state index contributed by atoms with van der Waals surface area (Å²) in [5.74, 6) is 0. The van der Waals surface area contributed by atoms with Crippen molar-refractivity contribution in [3.05, 3.63) is 71.0 Å². The number of amides is 1. The Labute approximate surface area is 134 Å². The molecule has 1 heterocycles.